The molecule has 0 fully saturated rings. The summed E-state index contributed by atoms with van der Waals surface area (Å²) in [7, 11) is 4.07. The van der Waals surface area contributed by atoms with E-state index in [1.165, 1.54) is 0 Å². The minimum Gasteiger partial charge on any atom is -0.360 e. The van der Waals surface area contributed by atoms with Gasteiger partial charge in [-0.25, -0.2) is 0 Å². The zero-order chi connectivity index (χ0) is 15.4. The second kappa shape index (κ2) is 6.76. The highest BCUT2D eigenvalue weighted by Crippen LogP contribution is 2.18. The van der Waals surface area contributed by atoms with Gasteiger partial charge in [0.25, 0.3) is 5.91 Å². The largest absolute Gasteiger partial charge is 0.360 e. The van der Waals surface area contributed by atoms with E-state index in [0.29, 0.717) is 5.92 Å². The number of carbonyl (C=O) groups is 1. The molecule has 1 aromatic heterocycles. The van der Waals surface area contributed by atoms with Gasteiger partial charge < -0.3 is 15.2 Å². The topological polar surface area (TPSA) is 48.1 Å². The zero-order valence-corrected chi connectivity index (χ0v) is 13.3. The molecular weight excluding hydrogens is 262 g/mol. The highest BCUT2D eigenvalue weighted by molar-refractivity contribution is 6.06. The Kier molecular flexibility index (Phi) is 5.02. The maximum absolute atomic E-state index is 12.5. The third kappa shape index (κ3) is 4.08. The van der Waals surface area contributed by atoms with E-state index in [1.54, 1.807) is 6.20 Å². The lowest BCUT2D eigenvalue weighted by Crippen LogP contribution is -2.42. The second-order valence-corrected chi connectivity index (χ2v) is 6.31. The predicted molar refractivity (Wildman–Crippen MR) is 87.6 cm³/mol. The highest BCUT2D eigenvalue weighted by atomic mass is 16.1. The monoisotopic (exact) mass is 287 g/mol. The summed E-state index contributed by atoms with van der Waals surface area (Å²) in [6.07, 6.45) is 2.77. The smallest absolute Gasteiger partial charge is 0.253 e. The van der Waals surface area contributed by atoms with E-state index in [2.05, 4.69) is 29.0 Å². The fourth-order valence-electron chi connectivity index (χ4n) is 2.71. The fourth-order valence-corrected chi connectivity index (χ4v) is 2.71. The number of hydrogen-bond donors (Lipinski definition) is 2. The first-order valence-electron chi connectivity index (χ1n) is 7.49. The number of likely N-dealkylation sites (N-methyl/N-ethyl adjacent to an activating group) is 1. The minimum absolute atomic E-state index is 0.0000463. The Morgan fingerprint density at radius 2 is 2.00 bits per heavy atom. The fraction of sp³-hybridized carbons (Fsp3) is 0.471. The van der Waals surface area contributed by atoms with E-state index in [4.69, 9.17) is 0 Å². The van der Waals surface area contributed by atoms with Gasteiger partial charge in [-0.1, -0.05) is 32.0 Å². The molecule has 4 nitrogen and oxygen atoms in total. The molecule has 1 heterocycles. The first-order chi connectivity index (χ1) is 9.97. The van der Waals surface area contributed by atoms with Gasteiger partial charge in [0.05, 0.1) is 5.56 Å². The van der Waals surface area contributed by atoms with E-state index in [0.717, 1.165) is 29.4 Å². The summed E-state index contributed by atoms with van der Waals surface area (Å²) >= 11 is 0. The van der Waals surface area contributed by atoms with Crippen LogP contribution in [0.3, 0.4) is 0 Å². The molecule has 2 N–H and O–H groups in total. The Labute approximate surface area is 126 Å². The van der Waals surface area contributed by atoms with E-state index >= 15 is 0 Å². The van der Waals surface area contributed by atoms with Crippen LogP contribution in [0.2, 0.25) is 0 Å². The molecule has 1 atom stereocenters. The number of fused-ring (bicyclic) bond motifs is 1. The molecule has 0 saturated carbocycles. The Morgan fingerprint density at radius 3 is 2.67 bits per heavy atom. The number of nitrogens with one attached hydrogen (secondary N) is 2. The number of carbonyl (C=O) groups excluding carboxylic acids is 1. The van der Waals surface area contributed by atoms with Crippen LogP contribution in [-0.2, 0) is 0 Å². The number of para-hydroxylation sites is 1. The van der Waals surface area contributed by atoms with Gasteiger partial charge >= 0.3 is 0 Å². The molecule has 0 aliphatic heterocycles. The Hall–Kier alpha value is -1.81. The summed E-state index contributed by atoms with van der Waals surface area (Å²) in [4.78, 5) is 17.8. The zero-order valence-electron chi connectivity index (χ0n) is 13.3. The summed E-state index contributed by atoms with van der Waals surface area (Å²) < 4.78 is 0. The van der Waals surface area contributed by atoms with Crippen LogP contribution >= 0.6 is 0 Å². The van der Waals surface area contributed by atoms with Gasteiger partial charge in [-0.3, -0.25) is 4.79 Å². The summed E-state index contributed by atoms with van der Waals surface area (Å²) in [5, 5.41) is 4.15. The number of nitrogens with zero attached hydrogens (tertiary/aromatic N) is 1. The number of H-pyrrole nitrogens is 1. The number of rotatable bonds is 6. The van der Waals surface area contributed by atoms with Crippen molar-refractivity contribution in [3.8, 4) is 0 Å². The van der Waals surface area contributed by atoms with Crippen molar-refractivity contribution < 1.29 is 4.79 Å². The van der Waals surface area contributed by atoms with Crippen LogP contribution in [0.25, 0.3) is 10.9 Å². The van der Waals surface area contributed by atoms with E-state index in [9.17, 15) is 4.79 Å². The average molecular weight is 287 g/mol. The Morgan fingerprint density at radius 1 is 1.29 bits per heavy atom. The summed E-state index contributed by atoms with van der Waals surface area (Å²) in [6.45, 7) is 5.22. The van der Waals surface area contributed by atoms with Crippen molar-refractivity contribution in [2.75, 3.05) is 20.6 Å². The molecule has 0 bridgehead atoms. The highest BCUT2D eigenvalue weighted by Gasteiger charge is 2.18. The Balaban J connectivity index is 2.14. The molecule has 0 saturated heterocycles. The molecular formula is C17H25N3O. The molecule has 2 aromatic rings. The van der Waals surface area contributed by atoms with Gasteiger partial charge in [0.2, 0.25) is 0 Å². The quantitative estimate of drug-likeness (QED) is 0.858. The summed E-state index contributed by atoms with van der Waals surface area (Å²) in [5.41, 5.74) is 1.72. The van der Waals surface area contributed by atoms with Crippen LogP contribution in [0.15, 0.2) is 30.5 Å². The summed E-state index contributed by atoms with van der Waals surface area (Å²) in [5.74, 6) is 0.554. The van der Waals surface area contributed by atoms with Crippen molar-refractivity contribution in [3.63, 3.8) is 0 Å². The second-order valence-electron chi connectivity index (χ2n) is 6.31. The minimum atomic E-state index is -0.0000463. The van der Waals surface area contributed by atoms with Crippen LogP contribution in [0.4, 0.5) is 0 Å². The number of aromatic nitrogens is 1. The SMILES string of the molecule is CC(C)CC(CN(C)C)NC(=O)c1c[nH]c2ccccc12. The maximum atomic E-state index is 12.5. The van der Waals surface area contributed by atoms with Crippen molar-refractivity contribution >= 4 is 16.8 Å². The van der Waals surface area contributed by atoms with Crippen LogP contribution in [0.1, 0.15) is 30.6 Å². The molecule has 114 valence electrons. The molecule has 0 aliphatic carbocycles. The molecule has 0 spiro atoms. The first-order valence-corrected chi connectivity index (χ1v) is 7.49. The number of amides is 1. The van der Waals surface area contributed by atoms with E-state index < -0.39 is 0 Å². The third-order valence-electron chi connectivity index (χ3n) is 3.51. The molecule has 21 heavy (non-hydrogen) atoms. The van der Waals surface area contributed by atoms with E-state index in [-0.39, 0.29) is 11.9 Å². The lowest BCUT2D eigenvalue weighted by atomic mass is 10.0. The van der Waals surface area contributed by atoms with Gasteiger partial charge in [-0.05, 0) is 32.5 Å². The molecule has 4 heteroatoms. The van der Waals surface area contributed by atoms with Gasteiger partial charge in [0.1, 0.15) is 0 Å². The number of aromatic amines is 1. The molecule has 0 radical (unpaired) electrons. The van der Waals surface area contributed by atoms with Crippen LogP contribution in [-0.4, -0.2) is 42.5 Å². The van der Waals surface area contributed by atoms with E-state index in [1.807, 2.05) is 38.4 Å². The average Bonchev–Trinajstić information content (AvgIpc) is 2.80. The third-order valence-corrected chi connectivity index (χ3v) is 3.51. The van der Waals surface area contributed by atoms with Crippen molar-refractivity contribution in [1.29, 1.82) is 0 Å². The number of benzene rings is 1. The Bertz CT molecular complexity index is 591. The normalized spacial score (nSPS) is 13.0. The predicted octanol–water partition coefficient (Wildman–Crippen LogP) is 2.87. The molecule has 1 aromatic carbocycles. The maximum Gasteiger partial charge on any atom is 0.253 e. The molecule has 2 rings (SSSR count). The lowest BCUT2D eigenvalue weighted by molar-refractivity contribution is 0.0926. The van der Waals surface area contributed by atoms with Gasteiger partial charge in [0, 0.05) is 29.7 Å². The summed E-state index contributed by atoms with van der Waals surface area (Å²) in [6, 6.07) is 8.05. The van der Waals surface area contributed by atoms with Crippen LogP contribution in [0.5, 0.6) is 0 Å². The molecule has 1 unspecified atom stereocenters. The van der Waals surface area contributed by atoms with Crippen LogP contribution in [0, 0.1) is 5.92 Å². The first kappa shape index (κ1) is 15.6. The van der Waals surface area contributed by atoms with Crippen LogP contribution < -0.4 is 5.32 Å². The molecule has 0 aliphatic rings. The van der Waals surface area contributed by atoms with Crippen molar-refractivity contribution in [1.82, 2.24) is 15.2 Å². The molecule has 1 amide bonds. The lowest BCUT2D eigenvalue weighted by Gasteiger charge is -2.23. The van der Waals surface area contributed by atoms with Crippen molar-refractivity contribution in [2.45, 2.75) is 26.3 Å². The van der Waals surface area contributed by atoms with Gasteiger partial charge in [-0.2, -0.15) is 0 Å². The van der Waals surface area contributed by atoms with Crippen molar-refractivity contribution in [3.05, 3.63) is 36.0 Å². The van der Waals surface area contributed by atoms with Gasteiger partial charge in [0.15, 0.2) is 0 Å². The van der Waals surface area contributed by atoms with Crippen molar-refractivity contribution in [2.24, 2.45) is 5.92 Å². The number of hydrogen-bond acceptors (Lipinski definition) is 2. The van der Waals surface area contributed by atoms with Gasteiger partial charge in [-0.15, -0.1) is 0 Å². The standard InChI is InChI=1S/C17H25N3O/c1-12(2)9-13(11-20(3)4)19-17(21)15-10-18-16-8-6-5-7-14(15)16/h5-8,10,12-13,18H,9,11H2,1-4H3,(H,19,21).